The number of nitrogens with zero attached hydrogens (tertiary/aromatic N) is 1. The maximum absolute atomic E-state index is 11.7. The summed E-state index contributed by atoms with van der Waals surface area (Å²) in [5.74, 6) is 0. The van der Waals surface area contributed by atoms with Gasteiger partial charge in [-0.05, 0) is 0 Å². The summed E-state index contributed by atoms with van der Waals surface area (Å²) in [6.45, 7) is 3.57. The predicted octanol–water partition coefficient (Wildman–Crippen LogP) is 1.09. The normalized spacial score (nSPS) is 13.0. The van der Waals surface area contributed by atoms with Crippen molar-refractivity contribution in [2.45, 2.75) is 18.1 Å². The second-order valence-electron chi connectivity index (χ2n) is 4.08. The summed E-state index contributed by atoms with van der Waals surface area (Å²) >= 11 is 6.45. The summed E-state index contributed by atoms with van der Waals surface area (Å²) < 4.78 is 26.1. The molecule has 16 heavy (non-hydrogen) atoms. The zero-order valence-electron chi connectivity index (χ0n) is 8.90. The summed E-state index contributed by atoms with van der Waals surface area (Å²) in [4.78, 5) is 3.66. The van der Waals surface area contributed by atoms with E-state index in [4.69, 9.17) is 16.7 Å². The van der Waals surface area contributed by atoms with E-state index in [2.05, 4.69) is 9.71 Å². The van der Waals surface area contributed by atoms with Crippen LogP contribution in [-0.4, -0.2) is 31.7 Å². The van der Waals surface area contributed by atoms with Gasteiger partial charge in [0.1, 0.15) is 0 Å². The third-order valence-corrected chi connectivity index (χ3v) is 4.87. The third-order valence-electron chi connectivity index (χ3n) is 1.89. The minimum absolute atomic E-state index is 0.0752. The van der Waals surface area contributed by atoms with Crippen LogP contribution < -0.4 is 4.72 Å². The van der Waals surface area contributed by atoms with Crippen molar-refractivity contribution in [1.29, 1.82) is 0 Å². The van der Waals surface area contributed by atoms with Crippen LogP contribution in [0.3, 0.4) is 0 Å². The molecule has 0 radical (unpaired) electrons. The van der Waals surface area contributed by atoms with Crippen LogP contribution in [0.25, 0.3) is 0 Å². The van der Waals surface area contributed by atoms with E-state index >= 15 is 0 Å². The molecule has 0 saturated heterocycles. The molecule has 92 valence electrons. The minimum Gasteiger partial charge on any atom is -0.396 e. The van der Waals surface area contributed by atoms with Gasteiger partial charge in [0.15, 0.2) is 8.68 Å². The molecule has 1 aromatic heterocycles. The van der Waals surface area contributed by atoms with Gasteiger partial charge in [0.2, 0.25) is 0 Å². The van der Waals surface area contributed by atoms with Crippen LogP contribution in [0.2, 0.25) is 4.47 Å². The second-order valence-corrected chi connectivity index (χ2v) is 7.69. The van der Waals surface area contributed by atoms with Gasteiger partial charge in [-0.25, -0.2) is 18.1 Å². The number of nitrogens with one attached hydrogen (secondary N) is 1. The predicted molar refractivity (Wildman–Crippen MR) is 63.2 cm³/mol. The number of aliphatic hydroxyl groups is 1. The lowest BCUT2D eigenvalue weighted by Crippen LogP contribution is -2.35. The number of aromatic nitrogens is 1. The van der Waals surface area contributed by atoms with Crippen LogP contribution in [0.5, 0.6) is 0 Å². The Morgan fingerprint density at radius 3 is 2.69 bits per heavy atom. The van der Waals surface area contributed by atoms with Gasteiger partial charge in [-0.3, -0.25) is 0 Å². The lowest BCUT2D eigenvalue weighted by molar-refractivity contribution is 0.163. The quantitative estimate of drug-likeness (QED) is 0.848. The highest BCUT2D eigenvalue weighted by Crippen LogP contribution is 2.22. The maximum atomic E-state index is 11.7. The van der Waals surface area contributed by atoms with E-state index < -0.39 is 15.4 Å². The Hall–Kier alpha value is -0.210. The molecule has 0 aliphatic rings. The Morgan fingerprint density at radius 2 is 2.25 bits per heavy atom. The third kappa shape index (κ3) is 3.67. The Morgan fingerprint density at radius 1 is 1.62 bits per heavy atom. The fourth-order valence-corrected chi connectivity index (χ4v) is 3.36. The molecule has 0 aliphatic heterocycles. The Labute approximate surface area is 104 Å². The molecule has 0 spiro atoms. The topological polar surface area (TPSA) is 79.3 Å². The van der Waals surface area contributed by atoms with Crippen molar-refractivity contribution in [2.24, 2.45) is 5.41 Å². The molecule has 5 nitrogen and oxygen atoms in total. The number of hydrogen-bond donors (Lipinski definition) is 2. The van der Waals surface area contributed by atoms with Gasteiger partial charge in [-0.2, -0.15) is 0 Å². The van der Waals surface area contributed by atoms with E-state index in [1.165, 1.54) is 6.20 Å². The first kappa shape index (κ1) is 13.9. The van der Waals surface area contributed by atoms with Gasteiger partial charge in [0.05, 0.1) is 6.20 Å². The van der Waals surface area contributed by atoms with Crippen LogP contribution >= 0.6 is 22.9 Å². The van der Waals surface area contributed by atoms with Gasteiger partial charge < -0.3 is 5.11 Å². The van der Waals surface area contributed by atoms with Gasteiger partial charge in [0, 0.05) is 18.6 Å². The molecule has 0 atom stereocenters. The molecular formula is C8H13ClN2O3S2. The summed E-state index contributed by atoms with van der Waals surface area (Å²) in [5, 5.41) is 9.00. The largest absolute Gasteiger partial charge is 0.396 e. The number of sulfonamides is 1. The van der Waals surface area contributed by atoms with Crippen molar-refractivity contribution in [3.8, 4) is 0 Å². The summed E-state index contributed by atoms with van der Waals surface area (Å²) in [6.07, 6.45) is 1.21. The summed E-state index contributed by atoms with van der Waals surface area (Å²) in [5.41, 5.74) is -0.498. The molecule has 0 amide bonds. The number of aliphatic hydroxyl groups excluding tert-OH is 1. The number of rotatable bonds is 5. The molecule has 0 saturated carbocycles. The fraction of sp³-hybridized carbons (Fsp3) is 0.625. The number of hydrogen-bond acceptors (Lipinski definition) is 5. The minimum atomic E-state index is -3.57. The van der Waals surface area contributed by atoms with E-state index in [0.717, 1.165) is 11.3 Å². The maximum Gasteiger partial charge on any atom is 0.251 e. The Balaban J connectivity index is 2.74. The van der Waals surface area contributed by atoms with Gasteiger partial charge in [0.25, 0.3) is 10.0 Å². The Bertz CT molecular complexity index is 456. The first-order valence-corrected chi connectivity index (χ1v) is 7.16. The van der Waals surface area contributed by atoms with Crippen molar-refractivity contribution < 1.29 is 13.5 Å². The highest BCUT2D eigenvalue weighted by Gasteiger charge is 2.23. The van der Waals surface area contributed by atoms with Gasteiger partial charge >= 0.3 is 0 Å². The molecule has 2 N–H and O–H groups in total. The molecular weight excluding hydrogens is 272 g/mol. The lowest BCUT2D eigenvalue weighted by Gasteiger charge is -2.21. The monoisotopic (exact) mass is 284 g/mol. The number of halogens is 1. The molecule has 0 aromatic carbocycles. The smallest absolute Gasteiger partial charge is 0.251 e. The first-order valence-electron chi connectivity index (χ1n) is 4.49. The van der Waals surface area contributed by atoms with Crippen LogP contribution in [0, 0.1) is 5.41 Å². The van der Waals surface area contributed by atoms with E-state index in [1.54, 1.807) is 13.8 Å². The SMILES string of the molecule is CC(C)(CO)CNS(=O)(=O)c1cnc(Cl)s1. The highest BCUT2D eigenvalue weighted by atomic mass is 35.5. The van der Waals surface area contributed by atoms with Crippen molar-refractivity contribution in [3.05, 3.63) is 10.7 Å². The second kappa shape index (κ2) is 4.97. The van der Waals surface area contributed by atoms with Crippen molar-refractivity contribution in [1.82, 2.24) is 9.71 Å². The Kier molecular flexibility index (Phi) is 4.30. The molecule has 1 aromatic rings. The lowest BCUT2D eigenvalue weighted by atomic mass is 9.96. The zero-order valence-corrected chi connectivity index (χ0v) is 11.3. The van der Waals surface area contributed by atoms with Crippen molar-refractivity contribution >= 4 is 33.0 Å². The van der Waals surface area contributed by atoms with Gasteiger partial charge in [-0.15, -0.1) is 0 Å². The zero-order chi connectivity index (χ0) is 12.4. The van der Waals surface area contributed by atoms with E-state index in [-0.39, 0.29) is 21.8 Å². The van der Waals surface area contributed by atoms with Crippen LogP contribution in [0.15, 0.2) is 10.4 Å². The summed E-state index contributed by atoms with van der Waals surface area (Å²) in [7, 11) is -3.57. The number of thiazole rings is 1. The molecule has 1 heterocycles. The molecule has 8 heteroatoms. The average Bonchev–Trinajstić information content (AvgIpc) is 2.63. The van der Waals surface area contributed by atoms with Crippen molar-refractivity contribution in [3.63, 3.8) is 0 Å². The summed E-state index contributed by atoms with van der Waals surface area (Å²) in [6, 6.07) is 0. The highest BCUT2D eigenvalue weighted by molar-refractivity contribution is 7.91. The fourth-order valence-electron chi connectivity index (χ4n) is 0.781. The first-order chi connectivity index (χ1) is 7.27. The standard InChI is InChI=1S/C8H13ClN2O3S2/c1-8(2,5-12)4-11-16(13,14)6-3-10-7(9)15-6/h3,11-12H,4-5H2,1-2H3. The van der Waals surface area contributed by atoms with E-state index in [9.17, 15) is 8.42 Å². The van der Waals surface area contributed by atoms with Crippen LogP contribution in [-0.2, 0) is 10.0 Å². The molecule has 0 aliphatic carbocycles. The van der Waals surface area contributed by atoms with Crippen LogP contribution in [0.4, 0.5) is 0 Å². The molecule has 0 unspecified atom stereocenters. The molecule has 0 bridgehead atoms. The van der Waals surface area contributed by atoms with E-state index in [1.807, 2.05) is 0 Å². The van der Waals surface area contributed by atoms with Crippen LogP contribution in [0.1, 0.15) is 13.8 Å². The molecule has 0 fully saturated rings. The van der Waals surface area contributed by atoms with Gasteiger partial charge in [-0.1, -0.05) is 36.8 Å². The molecule has 1 rings (SSSR count). The van der Waals surface area contributed by atoms with Crippen molar-refractivity contribution in [2.75, 3.05) is 13.2 Å². The average molecular weight is 285 g/mol. The van der Waals surface area contributed by atoms with E-state index in [0.29, 0.717) is 0 Å².